The topological polar surface area (TPSA) is 66.8 Å². The highest BCUT2D eigenvalue weighted by atomic mass is 16.5. The lowest BCUT2D eigenvalue weighted by Crippen LogP contribution is -2.40. The standard InChI is InChI=1S/C9H17NO4/c1-4-14-6-5-8(11)10(3)7(2)9(12)13/h7H,4-6H2,1-3H3,(H,12,13). The van der Waals surface area contributed by atoms with Gasteiger partial charge in [0.2, 0.25) is 5.91 Å². The van der Waals surface area contributed by atoms with Gasteiger partial charge in [-0.3, -0.25) is 4.79 Å². The predicted octanol–water partition coefficient (Wildman–Crippen LogP) is 0.344. The molecule has 0 fully saturated rings. The molecular weight excluding hydrogens is 186 g/mol. The minimum atomic E-state index is -1.00. The fourth-order valence-electron chi connectivity index (χ4n) is 0.862. The number of rotatable bonds is 6. The molecule has 1 N–H and O–H groups in total. The van der Waals surface area contributed by atoms with E-state index in [4.69, 9.17) is 9.84 Å². The lowest BCUT2D eigenvalue weighted by molar-refractivity contribution is -0.148. The van der Waals surface area contributed by atoms with Gasteiger partial charge < -0.3 is 14.7 Å². The Labute approximate surface area is 83.6 Å². The van der Waals surface area contributed by atoms with E-state index in [2.05, 4.69) is 0 Å². The molecule has 0 aliphatic rings. The van der Waals surface area contributed by atoms with Crippen molar-refractivity contribution in [2.24, 2.45) is 0 Å². The molecule has 0 aromatic rings. The average Bonchev–Trinajstić information content (AvgIpc) is 2.15. The molecule has 5 heteroatoms. The van der Waals surface area contributed by atoms with Gasteiger partial charge in [-0.1, -0.05) is 0 Å². The van der Waals surface area contributed by atoms with Crippen molar-refractivity contribution in [2.45, 2.75) is 26.3 Å². The Balaban J connectivity index is 3.92. The summed E-state index contributed by atoms with van der Waals surface area (Å²) in [6.45, 7) is 4.21. The highest BCUT2D eigenvalue weighted by Crippen LogP contribution is 1.99. The molecule has 1 amide bonds. The monoisotopic (exact) mass is 203 g/mol. The van der Waals surface area contributed by atoms with Crippen molar-refractivity contribution in [1.82, 2.24) is 4.90 Å². The van der Waals surface area contributed by atoms with Gasteiger partial charge in [-0.25, -0.2) is 4.79 Å². The highest BCUT2D eigenvalue weighted by Gasteiger charge is 2.20. The number of hydrogen-bond acceptors (Lipinski definition) is 3. The van der Waals surface area contributed by atoms with Gasteiger partial charge in [0.25, 0.3) is 0 Å². The Morgan fingerprint density at radius 1 is 1.50 bits per heavy atom. The van der Waals surface area contributed by atoms with Crippen LogP contribution in [0.1, 0.15) is 20.3 Å². The lowest BCUT2D eigenvalue weighted by atomic mass is 10.3. The minimum absolute atomic E-state index is 0.214. The van der Waals surface area contributed by atoms with Gasteiger partial charge in [-0.05, 0) is 13.8 Å². The molecule has 0 bridgehead atoms. The number of carboxylic acids is 1. The van der Waals surface area contributed by atoms with Crippen LogP contribution in [-0.2, 0) is 14.3 Å². The summed E-state index contributed by atoms with van der Waals surface area (Å²) in [5.74, 6) is -1.22. The molecule has 0 saturated carbocycles. The molecule has 82 valence electrons. The lowest BCUT2D eigenvalue weighted by Gasteiger charge is -2.21. The predicted molar refractivity (Wildman–Crippen MR) is 51.0 cm³/mol. The van der Waals surface area contributed by atoms with Crippen LogP contribution in [0.5, 0.6) is 0 Å². The van der Waals surface area contributed by atoms with Crippen LogP contribution in [0.4, 0.5) is 0 Å². The third kappa shape index (κ3) is 4.23. The van der Waals surface area contributed by atoms with E-state index in [0.717, 1.165) is 0 Å². The van der Waals surface area contributed by atoms with Crippen molar-refractivity contribution in [1.29, 1.82) is 0 Å². The molecule has 0 rings (SSSR count). The second-order valence-electron chi connectivity index (χ2n) is 2.97. The van der Waals surface area contributed by atoms with Crippen LogP contribution in [0.25, 0.3) is 0 Å². The number of amides is 1. The maximum absolute atomic E-state index is 11.3. The molecule has 0 saturated heterocycles. The number of carbonyl (C=O) groups is 2. The molecule has 5 nitrogen and oxygen atoms in total. The number of nitrogens with zero attached hydrogens (tertiary/aromatic N) is 1. The van der Waals surface area contributed by atoms with Gasteiger partial charge in [-0.2, -0.15) is 0 Å². The largest absolute Gasteiger partial charge is 0.480 e. The highest BCUT2D eigenvalue weighted by molar-refractivity contribution is 5.83. The number of hydrogen-bond donors (Lipinski definition) is 1. The minimum Gasteiger partial charge on any atom is -0.480 e. The summed E-state index contributed by atoms with van der Waals surface area (Å²) >= 11 is 0. The van der Waals surface area contributed by atoms with Crippen molar-refractivity contribution in [3.63, 3.8) is 0 Å². The molecule has 1 atom stereocenters. The zero-order chi connectivity index (χ0) is 11.1. The summed E-state index contributed by atoms with van der Waals surface area (Å²) in [6.07, 6.45) is 0.224. The number of likely N-dealkylation sites (N-methyl/N-ethyl adjacent to an activating group) is 1. The Morgan fingerprint density at radius 3 is 2.50 bits per heavy atom. The van der Waals surface area contributed by atoms with E-state index in [1.807, 2.05) is 6.92 Å². The van der Waals surface area contributed by atoms with Gasteiger partial charge in [0, 0.05) is 13.7 Å². The molecule has 1 unspecified atom stereocenters. The molecular formula is C9H17NO4. The van der Waals surface area contributed by atoms with E-state index >= 15 is 0 Å². The fraction of sp³-hybridized carbons (Fsp3) is 0.778. The quantitative estimate of drug-likeness (QED) is 0.632. The zero-order valence-corrected chi connectivity index (χ0v) is 8.82. The molecule has 14 heavy (non-hydrogen) atoms. The SMILES string of the molecule is CCOCCC(=O)N(C)C(C)C(=O)O. The average molecular weight is 203 g/mol. The molecule has 0 aromatic heterocycles. The summed E-state index contributed by atoms with van der Waals surface area (Å²) in [4.78, 5) is 23.1. The smallest absolute Gasteiger partial charge is 0.326 e. The van der Waals surface area contributed by atoms with Gasteiger partial charge in [0.15, 0.2) is 0 Å². The first kappa shape index (κ1) is 12.9. The molecule has 0 spiro atoms. The molecule has 0 heterocycles. The van der Waals surface area contributed by atoms with E-state index in [0.29, 0.717) is 13.2 Å². The third-order valence-electron chi connectivity index (χ3n) is 2.00. The van der Waals surface area contributed by atoms with Crippen LogP contribution in [0.2, 0.25) is 0 Å². The van der Waals surface area contributed by atoms with E-state index < -0.39 is 12.0 Å². The molecule has 0 aliphatic carbocycles. The maximum Gasteiger partial charge on any atom is 0.326 e. The van der Waals surface area contributed by atoms with Crippen LogP contribution in [-0.4, -0.2) is 48.2 Å². The van der Waals surface area contributed by atoms with Gasteiger partial charge >= 0.3 is 5.97 Å². The van der Waals surface area contributed by atoms with Crippen molar-refractivity contribution >= 4 is 11.9 Å². The summed E-state index contributed by atoms with van der Waals surface area (Å²) in [7, 11) is 1.48. The number of carboxylic acid groups (broad SMARTS) is 1. The second kappa shape index (κ2) is 6.37. The van der Waals surface area contributed by atoms with Gasteiger partial charge in [0.1, 0.15) is 6.04 Å². The molecule has 0 radical (unpaired) electrons. The zero-order valence-electron chi connectivity index (χ0n) is 8.82. The van der Waals surface area contributed by atoms with E-state index in [1.54, 1.807) is 0 Å². The molecule has 0 aliphatic heterocycles. The Morgan fingerprint density at radius 2 is 2.07 bits per heavy atom. The van der Waals surface area contributed by atoms with Gasteiger partial charge in [-0.15, -0.1) is 0 Å². The summed E-state index contributed by atoms with van der Waals surface area (Å²) in [5, 5.41) is 8.65. The van der Waals surface area contributed by atoms with Crippen LogP contribution in [0.15, 0.2) is 0 Å². The first-order valence-electron chi connectivity index (χ1n) is 4.56. The van der Waals surface area contributed by atoms with Crippen molar-refractivity contribution < 1.29 is 19.4 Å². The second-order valence-corrected chi connectivity index (χ2v) is 2.97. The summed E-state index contributed by atoms with van der Waals surface area (Å²) in [5.41, 5.74) is 0. The summed E-state index contributed by atoms with van der Waals surface area (Å²) in [6, 6.07) is -0.788. The van der Waals surface area contributed by atoms with E-state index in [-0.39, 0.29) is 12.3 Å². The van der Waals surface area contributed by atoms with Gasteiger partial charge in [0.05, 0.1) is 13.0 Å². The van der Waals surface area contributed by atoms with Crippen molar-refractivity contribution in [3.05, 3.63) is 0 Å². The van der Waals surface area contributed by atoms with Crippen LogP contribution in [0, 0.1) is 0 Å². The number of aliphatic carboxylic acids is 1. The Hall–Kier alpha value is -1.10. The first-order chi connectivity index (χ1) is 6.50. The van der Waals surface area contributed by atoms with E-state index in [9.17, 15) is 9.59 Å². The fourth-order valence-corrected chi connectivity index (χ4v) is 0.862. The number of carbonyl (C=O) groups excluding carboxylic acids is 1. The maximum atomic E-state index is 11.3. The normalized spacial score (nSPS) is 12.2. The summed E-state index contributed by atoms with van der Waals surface area (Å²) < 4.78 is 5.00. The third-order valence-corrected chi connectivity index (χ3v) is 2.00. The van der Waals surface area contributed by atoms with Crippen LogP contribution < -0.4 is 0 Å². The Bertz CT molecular complexity index is 205. The number of ether oxygens (including phenoxy) is 1. The first-order valence-corrected chi connectivity index (χ1v) is 4.56. The van der Waals surface area contributed by atoms with Crippen LogP contribution >= 0.6 is 0 Å². The Kier molecular flexibility index (Phi) is 5.87. The molecule has 0 aromatic carbocycles. The van der Waals surface area contributed by atoms with E-state index in [1.165, 1.54) is 18.9 Å². The van der Waals surface area contributed by atoms with Crippen LogP contribution in [0.3, 0.4) is 0 Å². The van der Waals surface area contributed by atoms with Crippen molar-refractivity contribution in [3.8, 4) is 0 Å². The van der Waals surface area contributed by atoms with Crippen molar-refractivity contribution in [2.75, 3.05) is 20.3 Å².